The summed E-state index contributed by atoms with van der Waals surface area (Å²) in [4.78, 5) is 18.1. The molecular weight excluding hydrogens is 128 g/mol. The summed E-state index contributed by atoms with van der Waals surface area (Å²) in [6.45, 7) is -0.102. The molecule has 0 aliphatic carbocycles. The Hall–Kier alpha value is -0.810. The van der Waals surface area contributed by atoms with Crippen LogP contribution in [0.3, 0.4) is 0 Å². The Labute approximate surface area is 52.4 Å². The van der Waals surface area contributed by atoms with Crippen LogP contribution in [0.25, 0.3) is 0 Å². The molecule has 0 rings (SSSR count). The molecule has 9 heavy (non-hydrogen) atoms. The Morgan fingerprint density at radius 1 is 1.44 bits per heavy atom. The number of hydrogen-bond donors (Lipinski definition) is 0. The highest BCUT2D eigenvalue weighted by Crippen LogP contribution is 1.82. The van der Waals surface area contributed by atoms with Crippen LogP contribution in [0.4, 0.5) is 4.79 Å². The third-order valence-electron chi connectivity index (χ3n) is 0.460. The van der Waals surface area contributed by atoms with E-state index in [1.54, 1.807) is 0 Å². The molecule has 5 heteroatoms. The number of carbonyl (C=O) groups excluding carboxylic acids is 1. The lowest BCUT2D eigenvalue weighted by Crippen LogP contribution is -2.06. The summed E-state index contributed by atoms with van der Waals surface area (Å²) >= 11 is 0. The van der Waals surface area contributed by atoms with Crippen molar-refractivity contribution >= 4 is 6.16 Å². The molecule has 0 heterocycles. The SMILES string of the molecule is COCOOC(=O)OC. The van der Waals surface area contributed by atoms with Crippen molar-refractivity contribution in [3.05, 3.63) is 0 Å². The van der Waals surface area contributed by atoms with Crippen LogP contribution in [0.5, 0.6) is 0 Å². The molecule has 0 aliphatic heterocycles. The second-order valence-electron chi connectivity index (χ2n) is 1.06. The van der Waals surface area contributed by atoms with Crippen LogP contribution in [0.2, 0.25) is 0 Å². The lowest BCUT2D eigenvalue weighted by atomic mass is 11.3. The van der Waals surface area contributed by atoms with E-state index in [9.17, 15) is 4.79 Å². The number of methoxy groups -OCH3 is 2. The van der Waals surface area contributed by atoms with E-state index in [-0.39, 0.29) is 6.79 Å². The minimum atomic E-state index is -0.896. The van der Waals surface area contributed by atoms with Gasteiger partial charge < -0.3 is 9.47 Å². The molecular formula is C4H8O5. The highest BCUT2D eigenvalue weighted by atomic mass is 17.2. The van der Waals surface area contributed by atoms with Crippen molar-refractivity contribution in [2.75, 3.05) is 21.0 Å². The zero-order valence-corrected chi connectivity index (χ0v) is 5.25. The molecule has 0 aromatic heterocycles. The normalized spacial score (nSPS) is 8.67. The molecule has 0 radical (unpaired) electrons. The first kappa shape index (κ1) is 8.19. The fraction of sp³-hybridized carbons (Fsp3) is 0.750. The second kappa shape index (κ2) is 5.33. The molecule has 0 atom stereocenters. The van der Waals surface area contributed by atoms with Crippen LogP contribution < -0.4 is 0 Å². The Morgan fingerprint density at radius 2 is 2.11 bits per heavy atom. The highest BCUT2D eigenvalue weighted by Gasteiger charge is 1.98. The maximum atomic E-state index is 10.1. The summed E-state index contributed by atoms with van der Waals surface area (Å²) in [5.74, 6) is 0. The average Bonchev–Trinajstić information content (AvgIpc) is 1.89. The van der Waals surface area contributed by atoms with E-state index in [2.05, 4.69) is 19.2 Å². The Balaban J connectivity index is 2.97. The van der Waals surface area contributed by atoms with Gasteiger partial charge in [0.2, 0.25) is 0 Å². The lowest BCUT2D eigenvalue weighted by Gasteiger charge is -1.98. The van der Waals surface area contributed by atoms with Crippen LogP contribution in [-0.4, -0.2) is 27.2 Å². The molecule has 0 amide bonds. The smallest absolute Gasteiger partial charge is 0.436 e. The van der Waals surface area contributed by atoms with Gasteiger partial charge in [0.15, 0.2) is 6.79 Å². The van der Waals surface area contributed by atoms with E-state index in [1.165, 1.54) is 14.2 Å². The zero-order valence-electron chi connectivity index (χ0n) is 5.25. The third-order valence-corrected chi connectivity index (χ3v) is 0.460. The van der Waals surface area contributed by atoms with Crippen molar-refractivity contribution in [1.82, 2.24) is 0 Å². The fourth-order valence-corrected chi connectivity index (χ4v) is 0.154. The summed E-state index contributed by atoms with van der Waals surface area (Å²) < 4.78 is 8.44. The number of hydrogen-bond acceptors (Lipinski definition) is 5. The van der Waals surface area contributed by atoms with Gasteiger partial charge in [-0.25, -0.2) is 4.79 Å². The van der Waals surface area contributed by atoms with Gasteiger partial charge >= 0.3 is 6.16 Å². The van der Waals surface area contributed by atoms with Crippen LogP contribution >= 0.6 is 0 Å². The Kier molecular flexibility index (Phi) is 4.85. The largest absolute Gasteiger partial charge is 0.540 e. The monoisotopic (exact) mass is 136 g/mol. The first-order chi connectivity index (χ1) is 4.31. The highest BCUT2D eigenvalue weighted by molar-refractivity contribution is 5.58. The van der Waals surface area contributed by atoms with Gasteiger partial charge in [-0.3, -0.25) is 4.89 Å². The van der Waals surface area contributed by atoms with Crippen LogP contribution in [-0.2, 0) is 19.2 Å². The summed E-state index contributed by atoms with van der Waals surface area (Å²) in [6, 6.07) is 0. The standard InChI is InChI=1S/C4H8O5/c1-6-3-8-9-4(5)7-2/h3H2,1-2H3. The van der Waals surface area contributed by atoms with Crippen molar-refractivity contribution in [3.8, 4) is 0 Å². The predicted molar refractivity (Wildman–Crippen MR) is 26.5 cm³/mol. The topological polar surface area (TPSA) is 54.0 Å². The Morgan fingerprint density at radius 3 is 2.56 bits per heavy atom. The van der Waals surface area contributed by atoms with Gasteiger partial charge in [0.1, 0.15) is 0 Å². The average molecular weight is 136 g/mol. The minimum Gasteiger partial charge on any atom is -0.436 e. The van der Waals surface area contributed by atoms with Gasteiger partial charge in [-0.05, 0) is 0 Å². The maximum Gasteiger partial charge on any atom is 0.540 e. The molecule has 0 aromatic rings. The molecule has 0 spiro atoms. The summed E-state index contributed by atoms with van der Waals surface area (Å²) in [7, 11) is 2.58. The van der Waals surface area contributed by atoms with Crippen molar-refractivity contribution in [1.29, 1.82) is 0 Å². The molecule has 0 saturated carbocycles. The first-order valence-electron chi connectivity index (χ1n) is 2.17. The van der Waals surface area contributed by atoms with Gasteiger partial charge in [0, 0.05) is 7.11 Å². The van der Waals surface area contributed by atoms with Gasteiger partial charge in [0.05, 0.1) is 7.11 Å². The Bertz CT molecular complexity index is 81.0. The molecule has 0 aromatic carbocycles. The molecule has 0 aliphatic rings. The molecule has 0 unspecified atom stereocenters. The van der Waals surface area contributed by atoms with Crippen molar-refractivity contribution in [3.63, 3.8) is 0 Å². The first-order valence-corrected chi connectivity index (χ1v) is 2.17. The number of rotatable bonds is 3. The van der Waals surface area contributed by atoms with Gasteiger partial charge in [0.25, 0.3) is 0 Å². The molecule has 5 nitrogen and oxygen atoms in total. The van der Waals surface area contributed by atoms with E-state index in [0.29, 0.717) is 0 Å². The molecule has 0 saturated heterocycles. The van der Waals surface area contributed by atoms with Gasteiger partial charge in [-0.2, -0.15) is 4.89 Å². The fourth-order valence-electron chi connectivity index (χ4n) is 0.154. The summed E-state index contributed by atoms with van der Waals surface area (Å²) in [6.07, 6.45) is -0.896. The molecule has 0 bridgehead atoms. The predicted octanol–water partition coefficient (Wildman–Crippen LogP) is 0.305. The number of ether oxygens (including phenoxy) is 2. The van der Waals surface area contributed by atoms with Crippen LogP contribution in [0, 0.1) is 0 Å². The maximum absolute atomic E-state index is 10.1. The van der Waals surface area contributed by atoms with Crippen molar-refractivity contribution in [2.45, 2.75) is 0 Å². The summed E-state index contributed by atoms with van der Waals surface area (Å²) in [5, 5.41) is 0. The molecule has 54 valence electrons. The van der Waals surface area contributed by atoms with Crippen molar-refractivity contribution in [2.24, 2.45) is 0 Å². The summed E-state index contributed by atoms with van der Waals surface area (Å²) in [5.41, 5.74) is 0. The minimum absolute atomic E-state index is 0.102. The second-order valence-corrected chi connectivity index (χ2v) is 1.06. The third kappa shape index (κ3) is 5.05. The van der Waals surface area contributed by atoms with Gasteiger partial charge in [-0.1, -0.05) is 0 Å². The van der Waals surface area contributed by atoms with E-state index >= 15 is 0 Å². The van der Waals surface area contributed by atoms with Crippen LogP contribution in [0.15, 0.2) is 0 Å². The van der Waals surface area contributed by atoms with E-state index in [4.69, 9.17) is 0 Å². The van der Waals surface area contributed by atoms with E-state index < -0.39 is 6.16 Å². The number of carbonyl (C=O) groups is 1. The van der Waals surface area contributed by atoms with Crippen LogP contribution in [0.1, 0.15) is 0 Å². The quantitative estimate of drug-likeness (QED) is 0.184. The van der Waals surface area contributed by atoms with Crippen molar-refractivity contribution < 1.29 is 24.0 Å². The molecule has 0 fully saturated rings. The van der Waals surface area contributed by atoms with Gasteiger partial charge in [-0.15, -0.1) is 0 Å². The van der Waals surface area contributed by atoms with E-state index in [1.807, 2.05) is 0 Å². The zero-order chi connectivity index (χ0) is 7.11. The molecule has 0 N–H and O–H groups in total. The lowest BCUT2D eigenvalue weighted by molar-refractivity contribution is -0.295. The van der Waals surface area contributed by atoms with E-state index in [0.717, 1.165) is 0 Å².